The van der Waals surface area contributed by atoms with Gasteiger partial charge >= 0.3 is 0 Å². The first-order valence-corrected chi connectivity index (χ1v) is 3.23. The van der Waals surface area contributed by atoms with E-state index >= 15 is 0 Å². The Morgan fingerprint density at radius 2 is 2.60 bits per heavy atom. The van der Waals surface area contributed by atoms with E-state index in [1.807, 2.05) is 12.3 Å². The van der Waals surface area contributed by atoms with Gasteiger partial charge in [0.15, 0.2) is 0 Å². The average Bonchev–Trinajstić information content (AvgIpc) is 2.05. The molecule has 0 saturated carbocycles. The zero-order chi connectivity index (χ0) is 6.81. The van der Waals surface area contributed by atoms with Crippen molar-refractivity contribution in [3.63, 3.8) is 0 Å². The number of nitrogens with zero attached hydrogens (tertiary/aromatic N) is 1. The van der Waals surface area contributed by atoms with Gasteiger partial charge in [0, 0.05) is 24.2 Å². The molecule has 0 aliphatic carbocycles. The van der Waals surface area contributed by atoms with Gasteiger partial charge in [0.2, 0.25) is 0 Å². The van der Waals surface area contributed by atoms with E-state index in [0.29, 0.717) is 0 Å². The summed E-state index contributed by atoms with van der Waals surface area (Å²) in [4.78, 5) is 3.88. The van der Waals surface area contributed by atoms with Crippen molar-refractivity contribution in [2.24, 2.45) is 0 Å². The highest BCUT2D eigenvalue weighted by Crippen LogP contribution is 1.70. The Bertz CT molecular complexity index is 306. The van der Waals surface area contributed by atoms with Crippen LogP contribution < -0.4 is 15.8 Å². The molecule has 0 amide bonds. The first-order valence-electron chi connectivity index (χ1n) is 3.23. The number of aromatic nitrogens is 1. The van der Waals surface area contributed by atoms with Crippen LogP contribution in [0.25, 0.3) is 12.3 Å². The van der Waals surface area contributed by atoms with Crippen LogP contribution in [-0.4, -0.2) is 11.5 Å². The SMILES string of the molecule is [c]1nccc2c1=CNCC=2. The van der Waals surface area contributed by atoms with Gasteiger partial charge in [0.05, 0.1) is 6.20 Å². The van der Waals surface area contributed by atoms with E-state index in [4.69, 9.17) is 0 Å². The third-order valence-corrected chi connectivity index (χ3v) is 1.51. The van der Waals surface area contributed by atoms with E-state index in [9.17, 15) is 0 Å². The molecular weight excluding hydrogens is 124 g/mol. The summed E-state index contributed by atoms with van der Waals surface area (Å²) in [6.45, 7) is 0.908. The lowest BCUT2D eigenvalue weighted by atomic mass is 10.2. The van der Waals surface area contributed by atoms with Gasteiger partial charge in [-0.25, -0.2) is 0 Å². The molecule has 0 aromatic carbocycles. The molecule has 1 aromatic rings. The summed E-state index contributed by atoms with van der Waals surface area (Å²) in [5.74, 6) is 0. The van der Waals surface area contributed by atoms with Crippen molar-refractivity contribution in [2.75, 3.05) is 6.54 Å². The summed E-state index contributed by atoms with van der Waals surface area (Å²) in [6.07, 6.45) is 8.70. The van der Waals surface area contributed by atoms with Crippen molar-refractivity contribution >= 4 is 12.3 Å². The van der Waals surface area contributed by atoms with Crippen molar-refractivity contribution in [2.45, 2.75) is 0 Å². The van der Waals surface area contributed by atoms with Gasteiger partial charge in [-0.1, -0.05) is 6.08 Å². The van der Waals surface area contributed by atoms with Crippen LogP contribution in [0.3, 0.4) is 0 Å². The first-order chi connectivity index (χ1) is 4.97. The molecule has 1 aromatic heterocycles. The molecule has 1 N–H and O–H groups in total. The van der Waals surface area contributed by atoms with Crippen LogP contribution in [0, 0.1) is 6.20 Å². The van der Waals surface area contributed by atoms with Gasteiger partial charge in [-0.3, -0.25) is 4.98 Å². The zero-order valence-electron chi connectivity index (χ0n) is 5.46. The highest BCUT2D eigenvalue weighted by atomic mass is 14.8. The second kappa shape index (κ2) is 2.14. The number of fused-ring (bicyclic) bond motifs is 1. The number of hydrogen-bond acceptors (Lipinski definition) is 2. The van der Waals surface area contributed by atoms with Crippen molar-refractivity contribution in [1.82, 2.24) is 10.3 Å². The molecule has 0 saturated heterocycles. The van der Waals surface area contributed by atoms with Crippen LogP contribution in [0.1, 0.15) is 0 Å². The van der Waals surface area contributed by atoms with Gasteiger partial charge in [-0.15, -0.1) is 0 Å². The lowest BCUT2D eigenvalue weighted by Crippen LogP contribution is -2.33. The third kappa shape index (κ3) is 0.778. The van der Waals surface area contributed by atoms with Crippen LogP contribution in [0.15, 0.2) is 12.3 Å². The van der Waals surface area contributed by atoms with Crippen LogP contribution in [0.5, 0.6) is 0 Å². The minimum atomic E-state index is 0.908. The van der Waals surface area contributed by atoms with E-state index in [0.717, 1.165) is 11.8 Å². The molecule has 0 spiro atoms. The summed E-state index contributed by atoms with van der Waals surface area (Å²) in [5, 5.41) is 5.36. The number of nitrogens with one attached hydrogen (secondary N) is 1. The minimum Gasteiger partial charge on any atom is -0.387 e. The largest absolute Gasteiger partial charge is 0.387 e. The molecule has 1 aliphatic heterocycles. The lowest BCUT2D eigenvalue weighted by Gasteiger charge is -1.99. The second-order valence-corrected chi connectivity index (χ2v) is 2.18. The average molecular weight is 131 g/mol. The van der Waals surface area contributed by atoms with Crippen LogP contribution in [0.2, 0.25) is 0 Å². The van der Waals surface area contributed by atoms with E-state index in [1.165, 1.54) is 5.22 Å². The fourth-order valence-corrected chi connectivity index (χ4v) is 1.00. The smallest absolute Gasteiger partial charge is 0.0985 e. The quantitative estimate of drug-likeness (QED) is 0.488. The molecule has 49 valence electrons. The highest BCUT2D eigenvalue weighted by molar-refractivity contribution is 5.35. The molecule has 0 fully saturated rings. The Balaban J connectivity index is 2.84. The van der Waals surface area contributed by atoms with Gasteiger partial charge in [0.1, 0.15) is 0 Å². The van der Waals surface area contributed by atoms with Crippen LogP contribution in [-0.2, 0) is 0 Å². The molecular formula is C8H7N2. The normalized spacial score (nSPS) is 14.0. The van der Waals surface area contributed by atoms with Gasteiger partial charge in [0.25, 0.3) is 0 Å². The van der Waals surface area contributed by atoms with E-state index in [2.05, 4.69) is 22.6 Å². The molecule has 0 atom stereocenters. The number of pyridine rings is 1. The summed E-state index contributed by atoms with van der Waals surface area (Å²) < 4.78 is 0. The maximum atomic E-state index is 3.88. The molecule has 2 rings (SSSR count). The lowest BCUT2D eigenvalue weighted by molar-refractivity contribution is 1.04. The summed E-state index contributed by atoms with van der Waals surface area (Å²) >= 11 is 0. The summed E-state index contributed by atoms with van der Waals surface area (Å²) in [7, 11) is 0. The van der Waals surface area contributed by atoms with Crippen LogP contribution in [0.4, 0.5) is 0 Å². The molecule has 2 heteroatoms. The Labute approximate surface area is 58.9 Å². The predicted octanol–water partition coefficient (Wildman–Crippen LogP) is -0.997. The molecule has 0 unspecified atom stereocenters. The fourth-order valence-electron chi connectivity index (χ4n) is 1.00. The monoisotopic (exact) mass is 131 g/mol. The maximum absolute atomic E-state index is 3.88. The summed E-state index contributed by atoms with van der Waals surface area (Å²) in [5.41, 5.74) is 0. The maximum Gasteiger partial charge on any atom is 0.0985 e. The Morgan fingerprint density at radius 3 is 3.50 bits per heavy atom. The molecule has 2 heterocycles. The van der Waals surface area contributed by atoms with E-state index in [-0.39, 0.29) is 0 Å². The van der Waals surface area contributed by atoms with Crippen molar-refractivity contribution in [3.05, 3.63) is 28.9 Å². The van der Waals surface area contributed by atoms with Crippen molar-refractivity contribution < 1.29 is 0 Å². The summed E-state index contributed by atoms with van der Waals surface area (Å²) in [6, 6.07) is 1.99. The molecule has 2 nitrogen and oxygen atoms in total. The standard InChI is InChI=1S/C8H7N2/c1-3-9-5-8-6-10-4-2-7(1)8/h1-3,6,10H,4H2. The van der Waals surface area contributed by atoms with Gasteiger partial charge < -0.3 is 5.32 Å². The molecule has 10 heavy (non-hydrogen) atoms. The Kier molecular flexibility index (Phi) is 1.17. The topological polar surface area (TPSA) is 24.9 Å². The predicted molar refractivity (Wildman–Crippen MR) is 39.3 cm³/mol. The Hall–Kier alpha value is -1.31. The third-order valence-electron chi connectivity index (χ3n) is 1.51. The van der Waals surface area contributed by atoms with E-state index < -0.39 is 0 Å². The minimum absolute atomic E-state index is 0.908. The van der Waals surface area contributed by atoms with Crippen LogP contribution >= 0.6 is 0 Å². The van der Waals surface area contributed by atoms with Gasteiger partial charge in [-0.05, 0) is 11.3 Å². The first kappa shape index (κ1) is 5.47. The number of hydrogen-bond donors (Lipinski definition) is 1. The molecule has 1 aliphatic rings. The molecule has 1 radical (unpaired) electrons. The van der Waals surface area contributed by atoms with E-state index in [1.54, 1.807) is 6.20 Å². The second-order valence-electron chi connectivity index (χ2n) is 2.18. The molecule has 0 bridgehead atoms. The van der Waals surface area contributed by atoms with Crippen molar-refractivity contribution in [3.8, 4) is 0 Å². The fraction of sp³-hybridized carbons (Fsp3) is 0.125. The van der Waals surface area contributed by atoms with Crippen molar-refractivity contribution in [1.29, 1.82) is 0 Å². The number of rotatable bonds is 0. The highest BCUT2D eigenvalue weighted by Gasteiger charge is 1.88. The van der Waals surface area contributed by atoms with Gasteiger partial charge in [-0.2, -0.15) is 0 Å². The Morgan fingerprint density at radius 1 is 1.60 bits per heavy atom. The zero-order valence-corrected chi connectivity index (χ0v) is 5.46.